The van der Waals surface area contributed by atoms with E-state index in [1.165, 1.54) is 22.9 Å². The fraction of sp³-hybridized carbons (Fsp3) is 0.273. The molecule has 1 heterocycles. The van der Waals surface area contributed by atoms with Crippen LogP contribution in [0.5, 0.6) is 5.75 Å². The molecule has 3 aromatic rings. The van der Waals surface area contributed by atoms with E-state index in [1.54, 1.807) is 0 Å². The van der Waals surface area contributed by atoms with Gasteiger partial charge in [-0.15, -0.1) is 11.8 Å². The van der Waals surface area contributed by atoms with E-state index in [0.29, 0.717) is 6.61 Å². The van der Waals surface area contributed by atoms with Gasteiger partial charge in [-0.1, -0.05) is 30.3 Å². The molecule has 1 aliphatic carbocycles. The molecule has 1 atom stereocenters. The lowest BCUT2D eigenvalue weighted by atomic mass is 9.91. The van der Waals surface area contributed by atoms with Gasteiger partial charge in [0, 0.05) is 10.6 Å². The van der Waals surface area contributed by atoms with Crippen LogP contribution in [0.1, 0.15) is 34.9 Å². The molecule has 4 rings (SSSR count). The molecule has 0 fully saturated rings. The SMILES string of the molecule is O=C(O)CSC1CCCc2ccc(OCc3ccc4ccccc4n3)cc21. The van der Waals surface area contributed by atoms with Crippen molar-refractivity contribution in [3.63, 3.8) is 0 Å². The Balaban J connectivity index is 1.49. The average molecular weight is 379 g/mol. The van der Waals surface area contributed by atoms with Crippen molar-refractivity contribution in [3.05, 3.63) is 71.4 Å². The maximum absolute atomic E-state index is 10.9. The summed E-state index contributed by atoms with van der Waals surface area (Å²) >= 11 is 1.51. The molecule has 0 radical (unpaired) electrons. The summed E-state index contributed by atoms with van der Waals surface area (Å²) in [6.45, 7) is 0.413. The Labute approximate surface area is 162 Å². The number of aromatic nitrogens is 1. The van der Waals surface area contributed by atoms with Gasteiger partial charge in [-0.25, -0.2) is 4.98 Å². The van der Waals surface area contributed by atoms with Crippen LogP contribution in [-0.2, 0) is 17.8 Å². The zero-order chi connectivity index (χ0) is 18.6. The molecule has 0 bridgehead atoms. The number of hydrogen-bond acceptors (Lipinski definition) is 4. The van der Waals surface area contributed by atoms with Gasteiger partial charge in [0.15, 0.2) is 0 Å². The summed E-state index contributed by atoms with van der Waals surface area (Å²) in [5.41, 5.74) is 4.38. The third-order valence-electron chi connectivity index (χ3n) is 4.83. The van der Waals surface area contributed by atoms with Gasteiger partial charge in [-0.2, -0.15) is 0 Å². The predicted molar refractivity (Wildman–Crippen MR) is 108 cm³/mol. The lowest BCUT2D eigenvalue weighted by Gasteiger charge is -2.25. The number of thioether (sulfide) groups is 1. The van der Waals surface area contributed by atoms with Crippen LogP contribution in [0, 0.1) is 0 Å². The zero-order valence-corrected chi connectivity index (χ0v) is 15.7. The molecule has 138 valence electrons. The smallest absolute Gasteiger partial charge is 0.313 e. The second-order valence-electron chi connectivity index (χ2n) is 6.73. The number of ether oxygens (including phenoxy) is 1. The van der Waals surface area contributed by atoms with E-state index >= 15 is 0 Å². The quantitative estimate of drug-likeness (QED) is 0.652. The van der Waals surface area contributed by atoms with E-state index in [2.05, 4.69) is 23.2 Å². The number of aliphatic carboxylic acids is 1. The largest absolute Gasteiger partial charge is 0.487 e. The highest BCUT2D eigenvalue weighted by atomic mass is 32.2. The van der Waals surface area contributed by atoms with Crippen molar-refractivity contribution in [1.29, 1.82) is 0 Å². The van der Waals surface area contributed by atoms with E-state index in [4.69, 9.17) is 9.84 Å². The molecule has 0 amide bonds. The topological polar surface area (TPSA) is 59.4 Å². The number of rotatable bonds is 6. The predicted octanol–water partition coefficient (Wildman–Crippen LogP) is 5.01. The minimum absolute atomic E-state index is 0.135. The summed E-state index contributed by atoms with van der Waals surface area (Å²) in [5.74, 6) is 0.185. The van der Waals surface area contributed by atoms with Crippen molar-refractivity contribution in [2.45, 2.75) is 31.1 Å². The van der Waals surface area contributed by atoms with Gasteiger partial charge in [0.2, 0.25) is 0 Å². The van der Waals surface area contributed by atoms with E-state index < -0.39 is 5.97 Å². The van der Waals surface area contributed by atoms with Crippen LogP contribution < -0.4 is 4.74 Å². The third kappa shape index (κ3) is 4.25. The van der Waals surface area contributed by atoms with Crippen molar-refractivity contribution in [1.82, 2.24) is 4.98 Å². The van der Waals surface area contributed by atoms with Gasteiger partial charge >= 0.3 is 5.97 Å². The first kappa shape index (κ1) is 17.9. The molecule has 0 spiro atoms. The molecular weight excluding hydrogens is 358 g/mol. The third-order valence-corrected chi connectivity index (χ3v) is 6.13. The van der Waals surface area contributed by atoms with Crippen molar-refractivity contribution in [2.75, 3.05) is 5.75 Å². The fourth-order valence-electron chi connectivity index (χ4n) is 3.51. The summed E-state index contributed by atoms with van der Waals surface area (Å²) in [7, 11) is 0. The molecule has 0 saturated heterocycles. The van der Waals surface area contributed by atoms with Crippen LogP contribution in [0.2, 0.25) is 0 Å². The lowest BCUT2D eigenvalue weighted by Crippen LogP contribution is -2.10. The van der Waals surface area contributed by atoms with E-state index in [1.807, 2.05) is 36.4 Å². The van der Waals surface area contributed by atoms with E-state index in [-0.39, 0.29) is 11.0 Å². The van der Waals surface area contributed by atoms with Crippen molar-refractivity contribution >= 4 is 28.6 Å². The number of para-hydroxylation sites is 1. The molecule has 2 aromatic carbocycles. The number of nitrogens with zero attached hydrogens (tertiary/aromatic N) is 1. The fourth-order valence-corrected chi connectivity index (χ4v) is 4.59. The Bertz CT molecular complexity index is 973. The van der Waals surface area contributed by atoms with E-state index in [0.717, 1.165) is 41.6 Å². The first-order chi connectivity index (χ1) is 13.2. The van der Waals surface area contributed by atoms with Gasteiger partial charge in [0.05, 0.1) is 17.0 Å². The van der Waals surface area contributed by atoms with Gasteiger partial charge in [-0.3, -0.25) is 4.79 Å². The maximum Gasteiger partial charge on any atom is 0.313 e. The molecule has 0 saturated carbocycles. The van der Waals surface area contributed by atoms with Crippen LogP contribution in [0.3, 0.4) is 0 Å². The van der Waals surface area contributed by atoms with Crippen molar-refractivity contribution in [2.24, 2.45) is 0 Å². The molecule has 5 heteroatoms. The summed E-state index contributed by atoms with van der Waals surface area (Å²) in [6, 6.07) is 18.3. The number of carboxylic acid groups (broad SMARTS) is 1. The van der Waals surface area contributed by atoms with Gasteiger partial charge in [0.1, 0.15) is 12.4 Å². The minimum Gasteiger partial charge on any atom is -0.487 e. The highest BCUT2D eigenvalue weighted by Crippen LogP contribution is 2.41. The Morgan fingerprint density at radius 3 is 2.96 bits per heavy atom. The Kier molecular flexibility index (Phi) is 5.30. The second-order valence-corrected chi connectivity index (χ2v) is 7.92. The zero-order valence-electron chi connectivity index (χ0n) is 14.9. The van der Waals surface area contributed by atoms with Crippen LogP contribution in [0.25, 0.3) is 10.9 Å². The second kappa shape index (κ2) is 8.01. The van der Waals surface area contributed by atoms with E-state index in [9.17, 15) is 4.79 Å². The van der Waals surface area contributed by atoms with Crippen molar-refractivity contribution in [3.8, 4) is 5.75 Å². The molecule has 4 nitrogen and oxygen atoms in total. The Morgan fingerprint density at radius 1 is 1.19 bits per heavy atom. The Hall–Kier alpha value is -2.53. The number of carbonyl (C=O) groups is 1. The number of benzene rings is 2. The molecule has 1 unspecified atom stereocenters. The number of pyridine rings is 1. The standard InChI is InChI=1S/C22H21NO3S/c24-22(25)14-27-21-7-3-5-15-9-11-18(12-19(15)21)26-13-17-10-8-16-4-1-2-6-20(16)23-17/h1-2,4,6,8-12,21H,3,5,7,13-14H2,(H,24,25). The first-order valence-corrected chi connectivity index (χ1v) is 10.2. The number of fused-ring (bicyclic) bond motifs is 2. The van der Waals surface area contributed by atoms with Crippen molar-refractivity contribution < 1.29 is 14.6 Å². The molecule has 27 heavy (non-hydrogen) atoms. The number of hydrogen-bond donors (Lipinski definition) is 1. The highest BCUT2D eigenvalue weighted by molar-refractivity contribution is 8.00. The number of aryl methyl sites for hydroxylation is 1. The molecule has 1 N–H and O–H groups in total. The highest BCUT2D eigenvalue weighted by Gasteiger charge is 2.22. The summed E-state index contributed by atoms with van der Waals surface area (Å²) in [5, 5.41) is 10.3. The average Bonchev–Trinajstić information content (AvgIpc) is 2.70. The van der Waals surface area contributed by atoms with Crippen LogP contribution in [0.4, 0.5) is 0 Å². The molecular formula is C22H21NO3S. The van der Waals surface area contributed by atoms with Gasteiger partial charge in [-0.05, 0) is 54.7 Å². The summed E-state index contributed by atoms with van der Waals surface area (Å²) in [4.78, 5) is 15.6. The normalized spacial score (nSPS) is 16.1. The minimum atomic E-state index is -0.762. The van der Waals surface area contributed by atoms with Crippen LogP contribution in [0.15, 0.2) is 54.6 Å². The molecule has 1 aliphatic rings. The maximum atomic E-state index is 10.9. The van der Waals surface area contributed by atoms with Gasteiger partial charge in [0.25, 0.3) is 0 Å². The van der Waals surface area contributed by atoms with Gasteiger partial charge < -0.3 is 9.84 Å². The molecule has 0 aliphatic heterocycles. The lowest BCUT2D eigenvalue weighted by molar-refractivity contribution is -0.133. The summed E-state index contributed by atoms with van der Waals surface area (Å²) < 4.78 is 5.99. The Morgan fingerprint density at radius 2 is 2.07 bits per heavy atom. The van der Waals surface area contributed by atoms with Crippen LogP contribution in [-0.4, -0.2) is 21.8 Å². The van der Waals surface area contributed by atoms with Crippen LogP contribution >= 0.6 is 11.8 Å². The summed E-state index contributed by atoms with van der Waals surface area (Å²) in [6.07, 6.45) is 3.16. The monoisotopic (exact) mass is 379 g/mol. The number of carboxylic acids is 1. The molecule has 1 aromatic heterocycles. The first-order valence-electron chi connectivity index (χ1n) is 9.13.